The molecule has 0 saturated carbocycles. The van der Waals surface area contributed by atoms with Crippen molar-refractivity contribution in [1.29, 1.82) is 0 Å². The zero-order valence-corrected chi connectivity index (χ0v) is 17.1. The number of carbonyl (C=O) groups is 2. The summed E-state index contributed by atoms with van der Waals surface area (Å²) in [5, 5.41) is 5.09. The maximum Gasteiger partial charge on any atom is 0.341 e. The Kier molecular flexibility index (Phi) is 5.58. The predicted molar refractivity (Wildman–Crippen MR) is 115 cm³/mol. The van der Waals surface area contributed by atoms with Gasteiger partial charge in [-0.25, -0.2) is 9.78 Å². The van der Waals surface area contributed by atoms with Crippen LogP contribution in [0.4, 0.5) is 5.69 Å². The van der Waals surface area contributed by atoms with Gasteiger partial charge in [0.15, 0.2) is 6.61 Å². The van der Waals surface area contributed by atoms with Gasteiger partial charge in [-0.1, -0.05) is 18.2 Å². The molecule has 0 aliphatic heterocycles. The van der Waals surface area contributed by atoms with E-state index < -0.39 is 18.5 Å². The Morgan fingerprint density at radius 1 is 1.10 bits per heavy atom. The molecule has 0 fully saturated rings. The van der Waals surface area contributed by atoms with E-state index in [1.54, 1.807) is 24.4 Å². The summed E-state index contributed by atoms with van der Waals surface area (Å²) >= 11 is 1.33. The third-order valence-electron chi connectivity index (χ3n) is 4.49. The molecule has 4 aromatic rings. The standard InChI is InChI=1S/C22H18N2O5S/c1-27-19-10-15-13-6-3-4-8-17(13)29-18(15)11-16(19)24-20(25)12-28-22(26)14-7-5-9-23-21(14)30-2/h3-11H,12H2,1-2H3,(H,24,25). The largest absolute Gasteiger partial charge is 0.495 e. The number of para-hydroxylation sites is 1. The van der Waals surface area contributed by atoms with Crippen molar-refractivity contribution >= 4 is 51.3 Å². The average molecular weight is 422 g/mol. The Morgan fingerprint density at radius 2 is 1.93 bits per heavy atom. The molecule has 0 unspecified atom stereocenters. The van der Waals surface area contributed by atoms with Gasteiger partial charge in [0.05, 0.1) is 18.4 Å². The molecule has 2 heterocycles. The number of amides is 1. The van der Waals surface area contributed by atoms with Crippen molar-refractivity contribution in [1.82, 2.24) is 4.98 Å². The summed E-state index contributed by atoms with van der Waals surface area (Å²) < 4.78 is 16.4. The lowest BCUT2D eigenvalue weighted by Gasteiger charge is -2.11. The van der Waals surface area contributed by atoms with Gasteiger partial charge in [0.2, 0.25) is 0 Å². The average Bonchev–Trinajstić information content (AvgIpc) is 3.14. The Bertz CT molecular complexity index is 1250. The molecule has 152 valence electrons. The van der Waals surface area contributed by atoms with Gasteiger partial charge in [-0.3, -0.25) is 4.79 Å². The number of furan rings is 1. The Hall–Kier alpha value is -3.52. The maximum atomic E-state index is 12.4. The van der Waals surface area contributed by atoms with E-state index in [0.29, 0.717) is 27.6 Å². The van der Waals surface area contributed by atoms with Crippen molar-refractivity contribution in [3.05, 3.63) is 60.3 Å². The first kappa shape index (κ1) is 19.8. The number of hydrogen-bond donors (Lipinski definition) is 1. The van der Waals surface area contributed by atoms with Crippen molar-refractivity contribution in [2.75, 3.05) is 25.3 Å². The maximum absolute atomic E-state index is 12.4. The number of nitrogens with zero attached hydrogens (tertiary/aromatic N) is 1. The minimum Gasteiger partial charge on any atom is -0.495 e. The van der Waals surface area contributed by atoms with E-state index >= 15 is 0 Å². The fraction of sp³-hybridized carbons (Fsp3) is 0.136. The monoisotopic (exact) mass is 422 g/mol. The van der Waals surface area contributed by atoms with E-state index in [1.807, 2.05) is 36.6 Å². The van der Waals surface area contributed by atoms with E-state index in [4.69, 9.17) is 13.9 Å². The molecule has 1 N–H and O–H groups in total. The molecule has 4 rings (SSSR count). The van der Waals surface area contributed by atoms with Crippen molar-refractivity contribution in [3.8, 4) is 5.75 Å². The van der Waals surface area contributed by atoms with E-state index in [9.17, 15) is 9.59 Å². The molecule has 0 aliphatic rings. The van der Waals surface area contributed by atoms with Gasteiger partial charge >= 0.3 is 5.97 Å². The number of esters is 1. The van der Waals surface area contributed by atoms with Gasteiger partial charge < -0.3 is 19.2 Å². The van der Waals surface area contributed by atoms with Gasteiger partial charge in [-0.05, 0) is 30.5 Å². The SMILES string of the molecule is COc1cc2c(cc1NC(=O)COC(=O)c1cccnc1SC)oc1ccccc12. The number of hydrogen-bond acceptors (Lipinski definition) is 7. The highest BCUT2D eigenvalue weighted by Gasteiger charge is 2.17. The molecule has 2 aromatic heterocycles. The fourth-order valence-corrected chi connectivity index (χ4v) is 3.66. The van der Waals surface area contributed by atoms with Gasteiger partial charge in [0.25, 0.3) is 5.91 Å². The van der Waals surface area contributed by atoms with Gasteiger partial charge in [0, 0.05) is 23.0 Å². The van der Waals surface area contributed by atoms with Crippen LogP contribution in [-0.4, -0.2) is 36.8 Å². The molecule has 2 aromatic carbocycles. The normalized spacial score (nSPS) is 10.9. The quantitative estimate of drug-likeness (QED) is 0.361. The van der Waals surface area contributed by atoms with Crippen molar-refractivity contribution in [3.63, 3.8) is 0 Å². The Balaban J connectivity index is 1.51. The minimum atomic E-state index is -0.609. The van der Waals surface area contributed by atoms with Crippen LogP contribution in [0.1, 0.15) is 10.4 Å². The molecule has 0 saturated heterocycles. The highest BCUT2D eigenvalue weighted by atomic mass is 32.2. The zero-order chi connectivity index (χ0) is 21.1. The first-order valence-electron chi connectivity index (χ1n) is 9.06. The zero-order valence-electron chi connectivity index (χ0n) is 16.3. The molecule has 0 radical (unpaired) electrons. The Labute approximate surface area is 176 Å². The lowest BCUT2D eigenvalue weighted by molar-refractivity contribution is -0.119. The summed E-state index contributed by atoms with van der Waals surface area (Å²) in [5.74, 6) is -0.625. The number of anilines is 1. The number of nitrogens with one attached hydrogen (secondary N) is 1. The molecular weight excluding hydrogens is 404 g/mol. The second-order valence-electron chi connectivity index (χ2n) is 6.33. The van der Waals surface area contributed by atoms with Gasteiger partial charge in [0.1, 0.15) is 21.9 Å². The number of ether oxygens (including phenoxy) is 2. The van der Waals surface area contributed by atoms with E-state index in [0.717, 1.165) is 16.4 Å². The number of pyridine rings is 1. The smallest absolute Gasteiger partial charge is 0.341 e. The van der Waals surface area contributed by atoms with Crippen LogP contribution < -0.4 is 10.1 Å². The summed E-state index contributed by atoms with van der Waals surface area (Å²) in [7, 11) is 1.52. The molecule has 0 spiro atoms. The molecule has 8 heteroatoms. The number of fused-ring (bicyclic) bond motifs is 3. The highest BCUT2D eigenvalue weighted by molar-refractivity contribution is 7.98. The topological polar surface area (TPSA) is 90.7 Å². The molecular formula is C22H18N2O5S. The highest BCUT2D eigenvalue weighted by Crippen LogP contribution is 2.36. The van der Waals surface area contributed by atoms with Gasteiger partial charge in [-0.15, -0.1) is 11.8 Å². The summed E-state index contributed by atoms with van der Waals surface area (Å²) in [6, 6.07) is 14.4. The second kappa shape index (κ2) is 8.46. The van der Waals surface area contributed by atoms with Crippen molar-refractivity contribution in [2.45, 2.75) is 5.03 Å². The minimum absolute atomic E-state index is 0.319. The van der Waals surface area contributed by atoms with Crippen LogP contribution in [0.3, 0.4) is 0 Å². The number of rotatable bonds is 6. The molecule has 1 amide bonds. The summed E-state index contributed by atoms with van der Waals surface area (Å²) in [4.78, 5) is 28.8. The van der Waals surface area contributed by atoms with E-state index in [-0.39, 0.29) is 0 Å². The third kappa shape index (κ3) is 3.81. The van der Waals surface area contributed by atoms with Crippen LogP contribution in [0, 0.1) is 0 Å². The first-order chi connectivity index (χ1) is 14.6. The van der Waals surface area contributed by atoms with Crippen LogP contribution in [0.15, 0.2) is 64.2 Å². The summed E-state index contributed by atoms with van der Waals surface area (Å²) in [5.41, 5.74) is 2.10. The second-order valence-corrected chi connectivity index (χ2v) is 7.13. The van der Waals surface area contributed by atoms with Gasteiger partial charge in [-0.2, -0.15) is 0 Å². The molecule has 0 aliphatic carbocycles. The number of aromatic nitrogens is 1. The van der Waals surface area contributed by atoms with Crippen molar-refractivity contribution < 1.29 is 23.5 Å². The predicted octanol–water partition coefficient (Wildman–Crippen LogP) is 4.51. The first-order valence-corrected chi connectivity index (χ1v) is 10.3. The van der Waals surface area contributed by atoms with Crippen LogP contribution >= 0.6 is 11.8 Å². The van der Waals surface area contributed by atoms with Crippen LogP contribution in [0.5, 0.6) is 5.75 Å². The molecule has 7 nitrogen and oxygen atoms in total. The number of methoxy groups -OCH3 is 1. The number of benzene rings is 2. The third-order valence-corrected chi connectivity index (χ3v) is 5.20. The lowest BCUT2D eigenvalue weighted by atomic mass is 10.1. The fourth-order valence-electron chi connectivity index (χ4n) is 3.12. The molecule has 0 bridgehead atoms. The molecule has 0 atom stereocenters. The van der Waals surface area contributed by atoms with E-state index in [1.165, 1.54) is 18.9 Å². The van der Waals surface area contributed by atoms with Crippen LogP contribution in [-0.2, 0) is 9.53 Å². The summed E-state index contributed by atoms with van der Waals surface area (Å²) in [6.45, 7) is -0.442. The Morgan fingerprint density at radius 3 is 2.73 bits per heavy atom. The van der Waals surface area contributed by atoms with Crippen LogP contribution in [0.25, 0.3) is 21.9 Å². The number of thioether (sulfide) groups is 1. The number of carbonyl (C=O) groups excluding carboxylic acids is 2. The van der Waals surface area contributed by atoms with Crippen molar-refractivity contribution in [2.24, 2.45) is 0 Å². The summed E-state index contributed by atoms with van der Waals surface area (Å²) in [6.07, 6.45) is 3.40. The lowest BCUT2D eigenvalue weighted by Crippen LogP contribution is -2.21. The van der Waals surface area contributed by atoms with E-state index in [2.05, 4.69) is 10.3 Å². The van der Waals surface area contributed by atoms with Crippen LogP contribution in [0.2, 0.25) is 0 Å². The molecule has 30 heavy (non-hydrogen) atoms.